The van der Waals surface area contributed by atoms with Crippen LogP contribution in [-0.4, -0.2) is 37.0 Å². The number of nitrogens with two attached hydrogens (primary N) is 1. The number of hydrogen-bond donors (Lipinski definition) is 1. The smallest absolute Gasteiger partial charge is 0.227 e. The Morgan fingerprint density at radius 3 is 2.86 bits per heavy atom. The highest BCUT2D eigenvalue weighted by Crippen LogP contribution is 2.26. The Labute approximate surface area is 143 Å². The van der Waals surface area contributed by atoms with Crippen molar-refractivity contribution < 1.29 is 9.53 Å². The fourth-order valence-corrected chi connectivity index (χ4v) is 3.15. The fraction of sp³-hybridized carbons (Fsp3) is 0.562. The lowest BCUT2D eigenvalue weighted by Crippen LogP contribution is -2.49. The SMILES string of the molecule is COc1ccc(Cl)cc1CC(=O)N1CCC(C)CC1CN.Cl. The van der Waals surface area contributed by atoms with Gasteiger partial charge in [-0.2, -0.15) is 0 Å². The van der Waals surface area contributed by atoms with E-state index in [1.807, 2.05) is 4.90 Å². The van der Waals surface area contributed by atoms with E-state index in [1.165, 1.54) is 0 Å². The number of piperidine rings is 1. The monoisotopic (exact) mass is 346 g/mol. The molecular formula is C16H24Cl2N2O2. The maximum absolute atomic E-state index is 12.6. The number of rotatable bonds is 4. The lowest BCUT2D eigenvalue weighted by Gasteiger charge is -2.38. The van der Waals surface area contributed by atoms with Gasteiger partial charge in [-0.15, -0.1) is 12.4 Å². The largest absolute Gasteiger partial charge is 0.496 e. The molecule has 0 saturated carbocycles. The lowest BCUT2D eigenvalue weighted by atomic mass is 9.92. The van der Waals surface area contributed by atoms with E-state index in [0.29, 0.717) is 29.7 Å². The Hall–Kier alpha value is -0.970. The van der Waals surface area contributed by atoms with Crippen LogP contribution in [0.1, 0.15) is 25.3 Å². The zero-order chi connectivity index (χ0) is 15.4. The number of hydrogen-bond acceptors (Lipinski definition) is 3. The van der Waals surface area contributed by atoms with E-state index in [0.717, 1.165) is 24.9 Å². The number of ether oxygens (including phenoxy) is 1. The van der Waals surface area contributed by atoms with Crippen molar-refractivity contribution in [1.29, 1.82) is 0 Å². The molecule has 1 fully saturated rings. The van der Waals surface area contributed by atoms with Gasteiger partial charge in [-0.25, -0.2) is 0 Å². The molecule has 1 aromatic rings. The maximum Gasteiger partial charge on any atom is 0.227 e. The number of nitrogens with zero attached hydrogens (tertiary/aromatic N) is 1. The maximum atomic E-state index is 12.6. The average molecular weight is 347 g/mol. The summed E-state index contributed by atoms with van der Waals surface area (Å²) in [6.45, 7) is 3.51. The third-order valence-corrected chi connectivity index (χ3v) is 4.39. The second-order valence-corrected chi connectivity index (χ2v) is 6.18. The van der Waals surface area contributed by atoms with E-state index in [-0.39, 0.29) is 24.4 Å². The van der Waals surface area contributed by atoms with Gasteiger partial charge in [0.1, 0.15) is 5.75 Å². The van der Waals surface area contributed by atoms with E-state index in [4.69, 9.17) is 22.1 Å². The van der Waals surface area contributed by atoms with Gasteiger partial charge in [0, 0.05) is 29.7 Å². The molecule has 1 aromatic carbocycles. The second-order valence-electron chi connectivity index (χ2n) is 5.74. The van der Waals surface area contributed by atoms with Gasteiger partial charge in [0.25, 0.3) is 0 Å². The molecule has 2 unspecified atom stereocenters. The minimum atomic E-state index is 0. The van der Waals surface area contributed by atoms with Crippen LogP contribution in [0.15, 0.2) is 18.2 Å². The van der Waals surface area contributed by atoms with Crippen molar-refractivity contribution in [2.24, 2.45) is 11.7 Å². The van der Waals surface area contributed by atoms with Gasteiger partial charge >= 0.3 is 0 Å². The van der Waals surface area contributed by atoms with Crippen LogP contribution in [0.3, 0.4) is 0 Å². The van der Waals surface area contributed by atoms with Crippen molar-refractivity contribution in [3.63, 3.8) is 0 Å². The van der Waals surface area contributed by atoms with Gasteiger partial charge in [0.05, 0.1) is 13.5 Å². The number of likely N-dealkylation sites (tertiary alicyclic amines) is 1. The second kappa shape index (κ2) is 8.61. The Morgan fingerprint density at radius 2 is 2.23 bits per heavy atom. The van der Waals surface area contributed by atoms with Crippen molar-refractivity contribution in [3.8, 4) is 5.75 Å². The van der Waals surface area contributed by atoms with Crippen molar-refractivity contribution in [2.75, 3.05) is 20.2 Å². The first-order chi connectivity index (χ1) is 10.0. The Morgan fingerprint density at radius 1 is 1.50 bits per heavy atom. The van der Waals surface area contributed by atoms with E-state index in [2.05, 4.69) is 6.92 Å². The van der Waals surface area contributed by atoms with Gasteiger partial charge in [0.15, 0.2) is 0 Å². The fourth-order valence-electron chi connectivity index (χ4n) is 2.95. The summed E-state index contributed by atoms with van der Waals surface area (Å²) in [5.41, 5.74) is 6.65. The summed E-state index contributed by atoms with van der Waals surface area (Å²) in [6.07, 6.45) is 2.32. The van der Waals surface area contributed by atoms with Gasteiger partial charge < -0.3 is 15.4 Å². The van der Waals surface area contributed by atoms with Crippen molar-refractivity contribution >= 4 is 29.9 Å². The first-order valence-electron chi connectivity index (χ1n) is 7.37. The van der Waals surface area contributed by atoms with E-state index < -0.39 is 0 Å². The predicted octanol–water partition coefficient (Wildman–Crippen LogP) is 2.90. The summed E-state index contributed by atoms with van der Waals surface area (Å²) < 4.78 is 5.30. The van der Waals surface area contributed by atoms with Gasteiger partial charge in [0.2, 0.25) is 5.91 Å². The van der Waals surface area contributed by atoms with Crippen LogP contribution in [0, 0.1) is 5.92 Å². The normalized spacial score (nSPS) is 21.2. The Balaban J connectivity index is 0.00000242. The molecule has 0 spiro atoms. The van der Waals surface area contributed by atoms with Crippen LogP contribution < -0.4 is 10.5 Å². The van der Waals surface area contributed by atoms with Crippen LogP contribution in [-0.2, 0) is 11.2 Å². The van der Waals surface area contributed by atoms with Crippen molar-refractivity contribution in [3.05, 3.63) is 28.8 Å². The summed E-state index contributed by atoms with van der Waals surface area (Å²) in [5.74, 6) is 1.42. The molecule has 6 heteroatoms. The van der Waals surface area contributed by atoms with Crippen LogP contribution in [0.5, 0.6) is 5.75 Å². The molecule has 22 heavy (non-hydrogen) atoms. The minimum Gasteiger partial charge on any atom is -0.496 e. The van der Waals surface area contributed by atoms with Crippen LogP contribution >= 0.6 is 24.0 Å². The highest BCUT2D eigenvalue weighted by atomic mass is 35.5. The molecule has 0 radical (unpaired) electrons. The zero-order valence-electron chi connectivity index (χ0n) is 13.0. The van der Waals surface area contributed by atoms with E-state index >= 15 is 0 Å². The summed E-state index contributed by atoms with van der Waals surface area (Å²) in [4.78, 5) is 14.5. The summed E-state index contributed by atoms with van der Waals surface area (Å²) in [7, 11) is 1.60. The van der Waals surface area contributed by atoms with Crippen LogP contribution in [0.25, 0.3) is 0 Å². The third-order valence-electron chi connectivity index (χ3n) is 4.15. The average Bonchev–Trinajstić information content (AvgIpc) is 2.47. The van der Waals surface area contributed by atoms with Gasteiger partial charge in [-0.05, 0) is 37.0 Å². The molecular weight excluding hydrogens is 323 g/mol. The van der Waals surface area contributed by atoms with E-state index in [1.54, 1.807) is 25.3 Å². The topological polar surface area (TPSA) is 55.6 Å². The molecule has 1 saturated heterocycles. The predicted molar refractivity (Wildman–Crippen MR) is 91.9 cm³/mol. The van der Waals surface area contributed by atoms with E-state index in [9.17, 15) is 4.79 Å². The first kappa shape index (κ1) is 19.1. The Kier molecular flexibility index (Phi) is 7.46. The summed E-state index contributed by atoms with van der Waals surface area (Å²) in [6, 6.07) is 5.50. The lowest BCUT2D eigenvalue weighted by molar-refractivity contribution is -0.134. The van der Waals surface area contributed by atoms with Crippen molar-refractivity contribution in [2.45, 2.75) is 32.2 Å². The van der Waals surface area contributed by atoms with Gasteiger partial charge in [-0.3, -0.25) is 4.79 Å². The highest BCUT2D eigenvalue weighted by molar-refractivity contribution is 6.30. The van der Waals surface area contributed by atoms with Gasteiger partial charge in [-0.1, -0.05) is 18.5 Å². The molecule has 124 valence electrons. The molecule has 2 N–H and O–H groups in total. The molecule has 0 bridgehead atoms. The summed E-state index contributed by atoms with van der Waals surface area (Å²) >= 11 is 6.02. The first-order valence-corrected chi connectivity index (χ1v) is 7.75. The number of methoxy groups -OCH3 is 1. The number of benzene rings is 1. The number of halogens is 2. The third kappa shape index (κ3) is 4.51. The Bertz CT molecular complexity index is 511. The molecule has 2 rings (SSSR count). The molecule has 1 aliphatic heterocycles. The number of amides is 1. The highest BCUT2D eigenvalue weighted by Gasteiger charge is 2.29. The molecule has 1 aliphatic rings. The molecule has 4 nitrogen and oxygen atoms in total. The number of carbonyl (C=O) groups is 1. The standard InChI is InChI=1S/C16H23ClN2O2.ClH/c1-11-5-6-19(14(7-11)10-18)16(20)9-12-8-13(17)3-4-15(12)21-2;/h3-4,8,11,14H,5-7,9-10,18H2,1-2H3;1H. The van der Waals surface area contributed by atoms with Crippen molar-refractivity contribution in [1.82, 2.24) is 4.90 Å². The molecule has 0 aromatic heterocycles. The molecule has 0 aliphatic carbocycles. The summed E-state index contributed by atoms with van der Waals surface area (Å²) in [5, 5.41) is 0.612. The molecule has 1 amide bonds. The zero-order valence-corrected chi connectivity index (χ0v) is 14.6. The molecule has 2 atom stereocenters. The van der Waals surface area contributed by atoms with Crippen LogP contribution in [0.4, 0.5) is 0 Å². The number of carbonyl (C=O) groups excluding carboxylic acids is 1. The molecule has 1 heterocycles. The minimum absolute atomic E-state index is 0. The quantitative estimate of drug-likeness (QED) is 0.911. The van der Waals surface area contributed by atoms with Crippen LogP contribution in [0.2, 0.25) is 5.02 Å².